The third kappa shape index (κ3) is 7.72. The van der Waals surface area contributed by atoms with Gasteiger partial charge in [-0.2, -0.15) is 18.3 Å². The SMILES string of the molecule is CC(=O)Nc1cc(C(C)NC(=O)Cc2ccc(OCC(F)(F)F)nn2)cc(C)n1. The normalized spacial score (nSPS) is 12.2. The monoisotopic (exact) mass is 411 g/mol. The number of alkyl halides is 3. The van der Waals surface area contributed by atoms with Gasteiger partial charge in [-0.05, 0) is 37.6 Å². The standard InChI is InChI=1S/C18H20F3N5O3/c1-10-6-13(7-15(22-10)24-12(3)27)11(2)23-16(28)8-14-4-5-17(26-25-14)29-9-18(19,20)21/h4-7,11H,8-9H2,1-3H3,(H,23,28)(H,22,24,27). The van der Waals surface area contributed by atoms with Crippen LogP contribution < -0.4 is 15.4 Å². The summed E-state index contributed by atoms with van der Waals surface area (Å²) in [6, 6.07) is 5.65. The van der Waals surface area contributed by atoms with Gasteiger partial charge in [0.1, 0.15) is 5.82 Å². The first-order chi connectivity index (χ1) is 13.5. The van der Waals surface area contributed by atoms with Crippen LogP contribution in [-0.2, 0) is 16.0 Å². The van der Waals surface area contributed by atoms with Crippen molar-refractivity contribution in [2.24, 2.45) is 0 Å². The summed E-state index contributed by atoms with van der Waals surface area (Å²) in [5.74, 6) is -0.509. The molecule has 2 N–H and O–H groups in total. The maximum Gasteiger partial charge on any atom is 0.422 e. The molecular weight excluding hydrogens is 391 g/mol. The highest BCUT2D eigenvalue weighted by atomic mass is 19.4. The number of aromatic nitrogens is 3. The number of nitrogens with one attached hydrogen (secondary N) is 2. The number of pyridine rings is 1. The first-order valence-corrected chi connectivity index (χ1v) is 8.59. The van der Waals surface area contributed by atoms with Crippen molar-refractivity contribution in [3.05, 3.63) is 41.2 Å². The number of carbonyl (C=O) groups is 2. The van der Waals surface area contributed by atoms with E-state index in [0.29, 0.717) is 11.5 Å². The van der Waals surface area contributed by atoms with Crippen LogP contribution in [-0.4, -0.2) is 39.8 Å². The van der Waals surface area contributed by atoms with Crippen molar-refractivity contribution in [1.82, 2.24) is 20.5 Å². The summed E-state index contributed by atoms with van der Waals surface area (Å²) in [6.07, 6.45) is -4.58. The number of amides is 2. The lowest BCUT2D eigenvalue weighted by atomic mass is 10.1. The molecule has 2 amide bonds. The van der Waals surface area contributed by atoms with E-state index in [1.807, 2.05) is 0 Å². The fourth-order valence-corrected chi connectivity index (χ4v) is 2.40. The smallest absolute Gasteiger partial charge is 0.422 e. The molecule has 11 heteroatoms. The first kappa shape index (κ1) is 22.1. The first-order valence-electron chi connectivity index (χ1n) is 8.59. The summed E-state index contributed by atoms with van der Waals surface area (Å²) < 4.78 is 40.8. The Morgan fingerprint density at radius 1 is 1.21 bits per heavy atom. The van der Waals surface area contributed by atoms with E-state index < -0.39 is 12.8 Å². The maximum atomic E-state index is 12.2. The molecular formula is C18H20F3N5O3. The molecule has 8 nitrogen and oxygen atoms in total. The molecule has 1 unspecified atom stereocenters. The molecule has 0 saturated carbocycles. The largest absolute Gasteiger partial charge is 0.467 e. The molecule has 1 atom stereocenters. The summed E-state index contributed by atoms with van der Waals surface area (Å²) in [7, 11) is 0. The Morgan fingerprint density at radius 3 is 2.52 bits per heavy atom. The number of ether oxygens (including phenoxy) is 1. The van der Waals surface area contributed by atoms with Crippen LogP contribution in [0.15, 0.2) is 24.3 Å². The molecule has 2 aromatic rings. The van der Waals surface area contributed by atoms with Gasteiger partial charge in [0.2, 0.25) is 17.7 Å². The number of carbonyl (C=O) groups excluding carboxylic acids is 2. The fraction of sp³-hybridized carbons (Fsp3) is 0.389. The molecule has 156 valence electrons. The van der Waals surface area contributed by atoms with Crippen molar-refractivity contribution < 1.29 is 27.5 Å². The second-order valence-corrected chi connectivity index (χ2v) is 6.34. The number of rotatable bonds is 7. The van der Waals surface area contributed by atoms with Gasteiger partial charge in [-0.1, -0.05) is 0 Å². The minimum absolute atomic E-state index is 0.112. The number of hydrogen-bond donors (Lipinski definition) is 2. The Balaban J connectivity index is 1.95. The third-order valence-electron chi connectivity index (χ3n) is 3.58. The highest BCUT2D eigenvalue weighted by molar-refractivity contribution is 5.87. The van der Waals surface area contributed by atoms with Crippen LogP contribution in [0.5, 0.6) is 5.88 Å². The molecule has 0 aromatic carbocycles. The molecule has 0 spiro atoms. The van der Waals surface area contributed by atoms with Crippen molar-refractivity contribution in [2.75, 3.05) is 11.9 Å². The fourth-order valence-electron chi connectivity index (χ4n) is 2.40. The zero-order valence-electron chi connectivity index (χ0n) is 16.0. The molecule has 2 rings (SSSR count). The second-order valence-electron chi connectivity index (χ2n) is 6.34. The highest BCUT2D eigenvalue weighted by Crippen LogP contribution is 2.18. The van der Waals surface area contributed by atoms with Gasteiger partial charge in [-0.3, -0.25) is 9.59 Å². The summed E-state index contributed by atoms with van der Waals surface area (Å²) in [5, 5.41) is 12.6. The Hall–Kier alpha value is -3.24. The number of halogens is 3. The average molecular weight is 411 g/mol. The van der Waals surface area contributed by atoms with Gasteiger partial charge in [-0.15, -0.1) is 5.10 Å². The lowest BCUT2D eigenvalue weighted by Gasteiger charge is -2.16. The van der Waals surface area contributed by atoms with Crippen LogP contribution in [0.2, 0.25) is 0 Å². The van der Waals surface area contributed by atoms with Gasteiger partial charge >= 0.3 is 6.18 Å². The molecule has 0 fully saturated rings. The molecule has 0 bridgehead atoms. The van der Waals surface area contributed by atoms with Crippen LogP contribution in [0.3, 0.4) is 0 Å². The Kier molecular flexibility index (Phi) is 7.08. The van der Waals surface area contributed by atoms with Crippen molar-refractivity contribution in [1.29, 1.82) is 0 Å². The van der Waals surface area contributed by atoms with E-state index in [1.165, 1.54) is 19.1 Å². The van der Waals surface area contributed by atoms with E-state index in [-0.39, 0.29) is 35.9 Å². The number of hydrogen-bond acceptors (Lipinski definition) is 6. The van der Waals surface area contributed by atoms with Gasteiger partial charge in [0, 0.05) is 18.7 Å². The molecule has 0 radical (unpaired) electrons. The van der Waals surface area contributed by atoms with Gasteiger partial charge in [-0.25, -0.2) is 4.98 Å². The molecule has 0 aliphatic rings. The topological polar surface area (TPSA) is 106 Å². The maximum absolute atomic E-state index is 12.2. The van der Waals surface area contributed by atoms with Gasteiger partial charge in [0.05, 0.1) is 18.2 Å². The van der Waals surface area contributed by atoms with E-state index in [2.05, 4.69) is 30.6 Å². The Bertz CT molecular complexity index is 872. The van der Waals surface area contributed by atoms with E-state index in [1.54, 1.807) is 26.0 Å². The van der Waals surface area contributed by atoms with Crippen LogP contribution in [0.25, 0.3) is 0 Å². The van der Waals surface area contributed by atoms with Gasteiger partial charge in [0.15, 0.2) is 6.61 Å². The van der Waals surface area contributed by atoms with Crippen LogP contribution in [0, 0.1) is 6.92 Å². The minimum Gasteiger partial charge on any atom is -0.467 e. The quantitative estimate of drug-likeness (QED) is 0.725. The Morgan fingerprint density at radius 2 is 1.93 bits per heavy atom. The van der Waals surface area contributed by atoms with Crippen LogP contribution in [0.1, 0.15) is 36.8 Å². The van der Waals surface area contributed by atoms with E-state index in [9.17, 15) is 22.8 Å². The number of aryl methyl sites for hydroxylation is 1. The number of anilines is 1. The van der Waals surface area contributed by atoms with E-state index in [4.69, 9.17) is 0 Å². The second kappa shape index (κ2) is 9.30. The molecule has 0 saturated heterocycles. The van der Waals surface area contributed by atoms with E-state index in [0.717, 1.165) is 5.56 Å². The summed E-state index contributed by atoms with van der Waals surface area (Å²) in [5.41, 5.74) is 1.70. The zero-order chi connectivity index (χ0) is 21.6. The number of nitrogens with zero attached hydrogens (tertiary/aromatic N) is 3. The van der Waals surface area contributed by atoms with Crippen molar-refractivity contribution in [3.63, 3.8) is 0 Å². The minimum atomic E-state index is -4.47. The molecule has 0 aliphatic carbocycles. The highest BCUT2D eigenvalue weighted by Gasteiger charge is 2.28. The summed E-state index contributed by atoms with van der Waals surface area (Å²) in [4.78, 5) is 27.6. The third-order valence-corrected chi connectivity index (χ3v) is 3.58. The van der Waals surface area contributed by atoms with Gasteiger partial charge < -0.3 is 15.4 Å². The molecule has 0 aliphatic heterocycles. The lowest BCUT2D eigenvalue weighted by molar-refractivity contribution is -0.154. The summed E-state index contributed by atoms with van der Waals surface area (Å²) in [6.45, 7) is 3.44. The predicted octanol–water partition coefficient (Wildman–Crippen LogP) is 2.50. The van der Waals surface area contributed by atoms with E-state index >= 15 is 0 Å². The van der Waals surface area contributed by atoms with Crippen molar-refractivity contribution >= 4 is 17.6 Å². The molecule has 29 heavy (non-hydrogen) atoms. The van der Waals surface area contributed by atoms with Gasteiger partial charge in [0.25, 0.3) is 0 Å². The Labute approximate surface area is 164 Å². The predicted molar refractivity (Wildman–Crippen MR) is 97.1 cm³/mol. The zero-order valence-corrected chi connectivity index (χ0v) is 16.0. The van der Waals surface area contributed by atoms with Crippen molar-refractivity contribution in [2.45, 2.75) is 39.4 Å². The average Bonchev–Trinajstić information content (AvgIpc) is 2.59. The molecule has 2 heterocycles. The van der Waals surface area contributed by atoms with Crippen molar-refractivity contribution in [3.8, 4) is 5.88 Å². The van der Waals surface area contributed by atoms with Crippen LogP contribution in [0.4, 0.5) is 19.0 Å². The molecule has 2 aromatic heterocycles. The summed E-state index contributed by atoms with van der Waals surface area (Å²) >= 11 is 0. The van der Waals surface area contributed by atoms with Crippen LogP contribution >= 0.6 is 0 Å². The lowest BCUT2D eigenvalue weighted by Crippen LogP contribution is -2.28.